The molecule has 1 aromatic heterocycles. The lowest BCUT2D eigenvalue weighted by atomic mass is 9.97. The normalized spacial score (nSPS) is 17.2. The van der Waals surface area contributed by atoms with Crippen LogP contribution in [0.3, 0.4) is 0 Å². The van der Waals surface area contributed by atoms with Gasteiger partial charge < -0.3 is 9.84 Å². The van der Waals surface area contributed by atoms with Crippen molar-refractivity contribution in [1.29, 1.82) is 0 Å². The van der Waals surface area contributed by atoms with Crippen molar-refractivity contribution in [2.75, 3.05) is 18.4 Å². The number of hydrogen-bond donors (Lipinski definition) is 1. The molecule has 0 bridgehead atoms. The quantitative estimate of drug-likeness (QED) is 0.707. The second kappa shape index (κ2) is 8.53. The zero-order valence-corrected chi connectivity index (χ0v) is 16.3. The minimum Gasteiger partial charge on any atom is -0.334 e. The van der Waals surface area contributed by atoms with Gasteiger partial charge >= 0.3 is 0 Å². The number of anilines is 1. The van der Waals surface area contributed by atoms with Crippen molar-refractivity contribution in [3.8, 4) is 11.5 Å². The summed E-state index contributed by atoms with van der Waals surface area (Å²) in [5.74, 6) is 0.617. The predicted octanol–water partition coefficient (Wildman–Crippen LogP) is 4.03. The Labute approximate surface area is 168 Å². The molecule has 1 atom stereocenters. The number of rotatable bonds is 5. The Balaban J connectivity index is 1.35. The molecule has 29 heavy (non-hydrogen) atoms. The summed E-state index contributed by atoms with van der Waals surface area (Å²) in [5.41, 5.74) is 2.67. The second-order valence-corrected chi connectivity index (χ2v) is 7.45. The number of aromatic nitrogens is 2. The molecule has 4 rings (SSSR count). The van der Waals surface area contributed by atoms with Crippen molar-refractivity contribution >= 4 is 11.6 Å². The van der Waals surface area contributed by atoms with Crippen molar-refractivity contribution < 1.29 is 13.7 Å². The number of piperidine rings is 1. The third-order valence-electron chi connectivity index (χ3n) is 5.12. The summed E-state index contributed by atoms with van der Waals surface area (Å²) in [5, 5.41) is 6.96. The molecular weight excluding hydrogens is 371 g/mol. The summed E-state index contributed by atoms with van der Waals surface area (Å²) in [6, 6.07) is 13.8. The van der Waals surface area contributed by atoms with Crippen LogP contribution in [0.15, 0.2) is 53.1 Å². The van der Waals surface area contributed by atoms with Crippen molar-refractivity contribution in [3.63, 3.8) is 0 Å². The number of carbonyl (C=O) groups excluding carboxylic acids is 1. The summed E-state index contributed by atoms with van der Waals surface area (Å²) in [7, 11) is 0. The van der Waals surface area contributed by atoms with E-state index in [0.717, 1.165) is 24.9 Å². The molecule has 2 aromatic carbocycles. The highest BCUT2D eigenvalue weighted by atomic mass is 19.1. The Morgan fingerprint density at radius 1 is 1.21 bits per heavy atom. The summed E-state index contributed by atoms with van der Waals surface area (Å²) in [6.07, 6.45) is 1.74. The van der Waals surface area contributed by atoms with Crippen LogP contribution in [0.4, 0.5) is 10.1 Å². The predicted molar refractivity (Wildman–Crippen MR) is 108 cm³/mol. The largest absolute Gasteiger partial charge is 0.334 e. The van der Waals surface area contributed by atoms with E-state index in [-0.39, 0.29) is 17.6 Å². The molecule has 1 saturated heterocycles. The fourth-order valence-corrected chi connectivity index (χ4v) is 3.52. The smallest absolute Gasteiger partial charge is 0.257 e. The maximum Gasteiger partial charge on any atom is 0.257 e. The van der Waals surface area contributed by atoms with E-state index in [9.17, 15) is 9.18 Å². The van der Waals surface area contributed by atoms with Crippen molar-refractivity contribution in [2.24, 2.45) is 5.92 Å². The fourth-order valence-electron chi connectivity index (χ4n) is 3.52. The zero-order chi connectivity index (χ0) is 20.2. The molecule has 1 aliphatic rings. The summed E-state index contributed by atoms with van der Waals surface area (Å²) in [6.45, 7) is 4.08. The standard InChI is InChI=1S/C22H23FN4O2/c1-15-4-6-16(7-5-15)22-25-20(26-29-22)14-27-12-2-3-17(13-27)21(28)24-19-10-8-18(23)9-11-19/h4-11,17H,2-3,12-14H2,1H3,(H,24,28)/t17-/m1/s1. The topological polar surface area (TPSA) is 71.3 Å². The van der Waals surface area contributed by atoms with Gasteiger partial charge in [-0.3, -0.25) is 9.69 Å². The molecule has 0 unspecified atom stereocenters. The summed E-state index contributed by atoms with van der Waals surface area (Å²) < 4.78 is 18.4. The van der Waals surface area contributed by atoms with Gasteiger partial charge in [0, 0.05) is 17.8 Å². The Bertz CT molecular complexity index is 969. The van der Waals surface area contributed by atoms with E-state index >= 15 is 0 Å². The lowest BCUT2D eigenvalue weighted by molar-refractivity contribution is -0.121. The average Bonchev–Trinajstić information content (AvgIpc) is 3.19. The van der Waals surface area contributed by atoms with Crippen LogP contribution >= 0.6 is 0 Å². The van der Waals surface area contributed by atoms with Gasteiger partial charge in [-0.15, -0.1) is 0 Å². The monoisotopic (exact) mass is 394 g/mol. The molecule has 0 radical (unpaired) electrons. The highest BCUT2D eigenvalue weighted by molar-refractivity contribution is 5.92. The van der Waals surface area contributed by atoms with Crippen LogP contribution in [0.25, 0.3) is 11.5 Å². The van der Waals surface area contributed by atoms with Gasteiger partial charge in [-0.05, 0) is 62.7 Å². The number of benzene rings is 2. The van der Waals surface area contributed by atoms with Crippen LogP contribution in [0, 0.1) is 18.7 Å². The van der Waals surface area contributed by atoms with Crippen LogP contribution in [-0.2, 0) is 11.3 Å². The second-order valence-electron chi connectivity index (χ2n) is 7.45. The van der Waals surface area contributed by atoms with Crippen LogP contribution < -0.4 is 5.32 Å². The first kappa shape index (κ1) is 19.3. The van der Waals surface area contributed by atoms with Gasteiger partial charge in [0.1, 0.15) is 5.82 Å². The van der Waals surface area contributed by atoms with Gasteiger partial charge in [0.05, 0.1) is 12.5 Å². The number of likely N-dealkylation sites (tertiary alicyclic amines) is 1. The lowest BCUT2D eigenvalue weighted by Crippen LogP contribution is -2.40. The number of halogens is 1. The van der Waals surface area contributed by atoms with Gasteiger partial charge in [-0.1, -0.05) is 22.9 Å². The fraction of sp³-hybridized carbons (Fsp3) is 0.318. The van der Waals surface area contributed by atoms with E-state index < -0.39 is 0 Å². The Hall–Kier alpha value is -3.06. The first-order valence-electron chi connectivity index (χ1n) is 9.75. The van der Waals surface area contributed by atoms with Crippen molar-refractivity contribution in [1.82, 2.24) is 15.0 Å². The SMILES string of the molecule is Cc1ccc(-c2nc(CN3CCC[C@@H](C(=O)Nc4ccc(F)cc4)C3)no2)cc1. The third kappa shape index (κ3) is 4.86. The Morgan fingerprint density at radius 3 is 2.72 bits per heavy atom. The molecule has 7 heteroatoms. The first-order valence-corrected chi connectivity index (χ1v) is 9.75. The molecular formula is C22H23FN4O2. The van der Waals surface area contributed by atoms with E-state index in [0.29, 0.717) is 30.5 Å². The molecule has 1 aliphatic heterocycles. The number of carbonyl (C=O) groups is 1. The number of aryl methyl sites for hydroxylation is 1. The molecule has 1 fully saturated rings. The maximum atomic E-state index is 13.0. The molecule has 6 nitrogen and oxygen atoms in total. The minimum absolute atomic E-state index is 0.0465. The van der Waals surface area contributed by atoms with Crippen molar-refractivity contribution in [3.05, 3.63) is 65.7 Å². The van der Waals surface area contributed by atoms with E-state index in [1.165, 1.54) is 17.7 Å². The Morgan fingerprint density at radius 2 is 1.97 bits per heavy atom. The highest BCUT2D eigenvalue weighted by Gasteiger charge is 2.27. The van der Waals surface area contributed by atoms with E-state index in [1.54, 1.807) is 12.1 Å². The van der Waals surface area contributed by atoms with Gasteiger partial charge in [0.15, 0.2) is 5.82 Å². The number of nitrogens with one attached hydrogen (secondary N) is 1. The van der Waals surface area contributed by atoms with Crippen LogP contribution in [-0.4, -0.2) is 34.0 Å². The molecule has 1 amide bonds. The summed E-state index contributed by atoms with van der Waals surface area (Å²) >= 11 is 0. The molecule has 3 aromatic rings. The molecule has 0 spiro atoms. The van der Waals surface area contributed by atoms with Gasteiger partial charge in [-0.25, -0.2) is 4.39 Å². The van der Waals surface area contributed by atoms with Gasteiger partial charge in [-0.2, -0.15) is 4.98 Å². The molecule has 0 aliphatic carbocycles. The molecule has 1 N–H and O–H groups in total. The first-order chi connectivity index (χ1) is 14.1. The molecule has 2 heterocycles. The van der Waals surface area contributed by atoms with Crippen molar-refractivity contribution in [2.45, 2.75) is 26.3 Å². The molecule has 150 valence electrons. The average molecular weight is 394 g/mol. The minimum atomic E-state index is -0.322. The Kier molecular flexibility index (Phi) is 5.67. The van der Waals surface area contributed by atoms with E-state index in [2.05, 4.69) is 20.4 Å². The highest BCUT2D eigenvalue weighted by Crippen LogP contribution is 2.22. The molecule has 0 saturated carbocycles. The number of nitrogens with zero attached hydrogens (tertiary/aromatic N) is 3. The van der Waals surface area contributed by atoms with Gasteiger partial charge in [0.2, 0.25) is 5.91 Å². The lowest BCUT2D eigenvalue weighted by Gasteiger charge is -2.31. The summed E-state index contributed by atoms with van der Waals surface area (Å²) in [4.78, 5) is 19.2. The van der Waals surface area contributed by atoms with Gasteiger partial charge in [0.25, 0.3) is 5.89 Å². The number of amides is 1. The van der Waals surface area contributed by atoms with Crippen LogP contribution in [0.5, 0.6) is 0 Å². The van der Waals surface area contributed by atoms with Crippen LogP contribution in [0.2, 0.25) is 0 Å². The van der Waals surface area contributed by atoms with Crippen LogP contribution in [0.1, 0.15) is 24.2 Å². The maximum absolute atomic E-state index is 13.0. The zero-order valence-electron chi connectivity index (χ0n) is 16.3. The third-order valence-corrected chi connectivity index (χ3v) is 5.12. The van der Waals surface area contributed by atoms with E-state index in [1.807, 2.05) is 31.2 Å². The number of hydrogen-bond acceptors (Lipinski definition) is 5. The van der Waals surface area contributed by atoms with E-state index in [4.69, 9.17) is 4.52 Å².